The predicted octanol–water partition coefficient (Wildman–Crippen LogP) is 2.89. The largest absolute Gasteiger partial charge is 0.507 e. The van der Waals surface area contributed by atoms with E-state index in [1.165, 1.54) is 11.3 Å². The van der Waals surface area contributed by atoms with E-state index >= 15 is 0 Å². The normalized spacial score (nSPS) is 11.0. The van der Waals surface area contributed by atoms with Crippen molar-refractivity contribution in [1.29, 1.82) is 0 Å². The van der Waals surface area contributed by atoms with Gasteiger partial charge < -0.3 is 10.4 Å². The molecule has 0 unspecified atom stereocenters. The van der Waals surface area contributed by atoms with Gasteiger partial charge in [0.25, 0.3) is 0 Å². The maximum atomic E-state index is 10.3. The Morgan fingerprint density at radius 2 is 2.09 bits per heavy atom. The summed E-state index contributed by atoms with van der Waals surface area (Å²) >= 11 is 1.49. The fourth-order valence-corrected chi connectivity index (χ4v) is 3.11. The molecule has 23 heavy (non-hydrogen) atoms. The average Bonchev–Trinajstić information content (AvgIpc) is 3.23. The van der Waals surface area contributed by atoms with Gasteiger partial charge in [-0.2, -0.15) is 10.1 Å². The molecule has 0 amide bonds. The molecule has 3 N–H and O–H groups in total. The van der Waals surface area contributed by atoms with E-state index in [0.29, 0.717) is 16.9 Å². The lowest BCUT2D eigenvalue weighted by molar-refractivity contribution is 0.477. The second-order valence-corrected chi connectivity index (χ2v) is 5.94. The summed E-state index contributed by atoms with van der Waals surface area (Å²) in [6.07, 6.45) is 3.48. The number of nitrogens with one attached hydrogen (secondary N) is 2. The van der Waals surface area contributed by atoms with Crippen LogP contribution in [0.3, 0.4) is 0 Å². The van der Waals surface area contributed by atoms with Crippen LogP contribution in [0.25, 0.3) is 32.7 Å². The summed E-state index contributed by atoms with van der Waals surface area (Å²) in [6, 6.07) is 7.32. The van der Waals surface area contributed by atoms with Gasteiger partial charge in [0.05, 0.1) is 16.6 Å². The molecular weight excluding hydrogens is 312 g/mol. The molecule has 0 bridgehead atoms. The number of aromatic hydroxyl groups is 1. The van der Waals surface area contributed by atoms with Crippen LogP contribution in [-0.4, -0.2) is 37.5 Å². The van der Waals surface area contributed by atoms with Crippen molar-refractivity contribution in [2.24, 2.45) is 0 Å². The number of aromatic nitrogens is 5. The summed E-state index contributed by atoms with van der Waals surface area (Å²) in [5, 5.41) is 29.1. The summed E-state index contributed by atoms with van der Waals surface area (Å²) in [5.41, 5.74) is 3.63. The number of H-pyrrole nitrogens is 1. The molecule has 0 saturated heterocycles. The van der Waals surface area contributed by atoms with Crippen LogP contribution in [0.5, 0.6) is 5.75 Å². The SMILES string of the molecule is CNc1nc2nnc(-c3ccc(-c4cn[nH]c4)cc3O)cc2s1. The molecule has 0 radical (unpaired) electrons. The average molecular weight is 324 g/mol. The first-order valence-electron chi connectivity index (χ1n) is 6.89. The molecule has 0 aliphatic carbocycles. The molecule has 4 aromatic rings. The molecule has 0 atom stereocenters. The van der Waals surface area contributed by atoms with Crippen molar-refractivity contribution in [3.63, 3.8) is 0 Å². The number of phenolic OH excluding ortho intramolecular Hbond substituents is 1. The summed E-state index contributed by atoms with van der Waals surface area (Å²) in [7, 11) is 1.81. The van der Waals surface area contributed by atoms with Gasteiger partial charge in [-0.05, 0) is 23.8 Å². The van der Waals surface area contributed by atoms with Gasteiger partial charge >= 0.3 is 0 Å². The van der Waals surface area contributed by atoms with Crippen molar-refractivity contribution >= 4 is 26.8 Å². The zero-order valence-corrected chi connectivity index (χ0v) is 12.9. The van der Waals surface area contributed by atoms with Gasteiger partial charge in [0.2, 0.25) is 0 Å². The lowest BCUT2D eigenvalue weighted by Gasteiger charge is -2.05. The lowest BCUT2D eigenvalue weighted by atomic mass is 10.0. The Labute approximate surface area is 135 Å². The van der Waals surface area contributed by atoms with Crippen LogP contribution in [0, 0.1) is 0 Å². The fraction of sp³-hybridized carbons (Fsp3) is 0.0667. The summed E-state index contributed by atoms with van der Waals surface area (Å²) in [4.78, 5) is 4.30. The van der Waals surface area contributed by atoms with E-state index in [1.54, 1.807) is 18.5 Å². The van der Waals surface area contributed by atoms with Crippen LogP contribution >= 0.6 is 11.3 Å². The molecule has 3 heterocycles. The number of rotatable bonds is 3. The van der Waals surface area contributed by atoms with Crippen molar-refractivity contribution in [2.45, 2.75) is 0 Å². The molecule has 0 aliphatic heterocycles. The van der Waals surface area contributed by atoms with Crippen molar-refractivity contribution in [2.75, 3.05) is 12.4 Å². The lowest BCUT2D eigenvalue weighted by Crippen LogP contribution is -1.89. The maximum Gasteiger partial charge on any atom is 0.194 e. The first kappa shape index (κ1) is 13.6. The molecule has 7 nitrogen and oxygen atoms in total. The van der Waals surface area contributed by atoms with Crippen molar-refractivity contribution in [1.82, 2.24) is 25.4 Å². The molecule has 8 heteroatoms. The minimum absolute atomic E-state index is 0.149. The van der Waals surface area contributed by atoms with Gasteiger partial charge in [-0.3, -0.25) is 5.10 Å². The minimum atomic E-state index is 0.149. The molecule has 3 aromatic heterocycles. The van der Waals surface area contributed by atoms with E-state index in [1.807, 2.05) is 25.2 Å². The van der Waals surface area contributed by atoms with Crippen molar-refractivity contribution < 1.29 is 5.11 Å². The smallest absolute Gasteiger partial charge is 0.194 e. The summed E-state index contributed by atoms with van der Waals surface area (Å²) in [6.45, 7) is 0. The summed E-state index contributed by atoms with van der Waals surface area (Å²) in [5.74, 6) is 0.149. The van der Waals surface area contributed by atoms with Crippen LogP contribution in [0.4, 0.5) is 5.13 Å². The second-order valence-electron chi connectivity index (χ2n) is 4.91. The van der Waals surface area contributed by atoms with Gasteiger partial charge in [-0.15, -0.1) is 10.2 Å². The Hall–Kier alpha value is -3.00. The van der Waals surface area contributed by atoms with E-state index < -0.39 is 0 Å². The van der Waals surface area contributed by atoms with Crippen LogP contribution in [0.1, 0.15) is 0 Å². The van der Waals surface area contributed by atoms with Crippen LogP contribution in [0.2, 0.25) is 0 Å². The highest BCUT2D eigenvalue weighted by Crippen LogP contribution is 2.34. The zero-order chi connectivity index (χ0) is 15.8. The zero-order valence-electron chi connectivity index (χ0n) is 12.1. The number of hydrogen-bond acceptors (Lipinski definition) is 7. The fourth-order valence-electron chi connectivity index (χ4n) is 2.32. The standard InChI is InChI=1S/C15H12N6OS/c1-16-15-19-14-13(23-15)5-11(20-21-14)10-3-2-8(4-12(10)22)9-6-17-18-7-9/h2-7,22H,1H3,(H,17,18)(H,16,19,21). The predicted molar refractivity (Wildman–Crippen MR) is 89.4 cm³/mol. The Balaban J connectivity index is 1.77. The number of nitrogens with zero attached hydrogens (tertiary/aromatic N) is 4. The highest BCUT2D eigenvalue weighted by molar-refractivity contribution is 7.22. The van der Waals surface area contributed by atoms with Gasteiger partial charge in [0.1, 0.15) is 5.75 Å². The van der Waals surface area contributed by atoms with E-state index in [4.69, 9.17) is 0 Å². The van der Waals surface area contributed by atoms with E-state index in [2.05, 4.69) is 30.7 Å². The quantitative estimate of drug-likeness (QED) is 0.536. The Kier molecular flexibility index (Phi) is 3.16. The topological polar surface area (TPSA) is 99.6 Å². The molecule has 0 saturated carbocycles. The third kappa shape index (κ3) is 2.38. The van der Waals surface area contributed by atoms with Crippen LogP contribution in [-0.2, 0) is 0 Å². The molecule has 1 aromatic carbocycles. The van der Waals surface area contributed by atoms with Gasteiger partial charge in [0.15, 0.2) is 10.8 Å². The number of thiazole rings is 1. The van der Waals surface area contributed by atoms with E-state index in [0.717, 1.165) is 21.0 Å². The van der Waals surface area contributed by atoms with Crippen molar-refractivity contribution in [3.05, 3.63) is 36.7 Å². The first-order chi connectivity index (χ1) is 11.2. The number of phenols is 1. The number of fused-ring (bicyclic) bond motifs is 1. The highest BCUT2D eigenvalue weighted by atomic mass is 32.1. The van der Waals surface area contributed by atoms with Gasteiger partial charge in [-0.25, -0.2) is 0 Å². The Bertz CT molecular complexity index is 979. The van der Waals surface area contributed by atoms with Crippen LogP contribution in [0.15, 0.2) is 36.7 Å². The maximum absolute atomic E-state index is 10.3. The number of aromatic amines is 1. The molecular formula is C15H12N6OS. The number of anilines is 1. The highest BCUT2D eigenvalue weighted by Gasteiger charge is 2.12. The van der Waals surface area contributed by atoms with Gasteiger partial charge in [0, 0.05) is 24.4 Å². The molecule has 0 aliphatic rings. The molecule has 4 rings (SSSR count). The molecule has 0 fully saturated rings. The number of hydrogen-bond donors (Lipinski definition) is 3. The summed E-state index contributed by atoms with van der Waals surface area (Å²) < 4.78 is 0.915. The third-order valence-corrected chi connectivity index (χ3v) is 4.48. The molecule has 0 spiro atoms. The Morgan fingerprint density at radius 3 is 2.83 bits per heavy atom. The van der Waals surface area contributed by atoms with E-state index in [9.17, 15) is 5.11 Å². The van der Waals surface area contributed by atoms with Gasteiger partial charge in [-0.1, -0.05) is 17.4 Å². The number of benzene rings is 1. The molecule has 114 valence electrons. The minimum Gasteiger partial charge on any atom is -0.507 e. The first-order valence-corrected chi connectivity index (χ1v) is 7.71. The van der Waals surface area contributed by atoms with Crippen molar-refractivity contribution in [3.8, 4) is 28.1 Å². The Morgan fingerprint density at radius 1 is 1.17 bits per heavy atom. The third-order valence-electron chi connectivity index (χ3n) is 3.47. The second kappa shape index (κ2) is 5.33. The van der Waals surface area contributed by atoms with Crippen LogP contribution < -0.4 is 5.32 Å². The monoisotopic (exact) mass is 324 g/mol. The van der Waals surface area contributed by atoms with E-state index in [-0.39, 0.29) is 5.75 Å².